The summed E-state index contributed by atoms with van der Waals surface area (Å²) in [6.45, 7) is 2.18. The van der Waals surface area contributed by atoms with E-state index in [-0.39, 0.29) is 25.1 Å². The highest BCUT2D eigenvalue weighted by molar-refractivity contribution is 9.10. The molecule has 1 aliphatic carbocycles. The van der Waals surface area contributed by atoms with E-state index in [0.717, 1.165) is 21.2 Å². The van der Waals surface area contributed by atoms with Gasteiger partial charge in [-0.1, -0.05) is 40.2 Å². The van der Waals surface area contributed by atoms with E-state index in [4.69, 9.17) is 14.2 Å². The van der Waals surface area contributed by atoms with Crippen molar-refractivity contribution in [3.63, 3.8) is 0 Å². The van der Waals surface area contributed by atoms with Crippen LogP contribution < -0.4 is 9.47 Å². The molecule has 0 saturated heterocycles. The van der Waals surface area contributed by atoms with E-state index in [9.17, 15) is 9.59 Å². The number of esters is 1. The van der Waals surface area contributed by atoms with Crippen LogP contribution in [-0.4, -0.2) is 25.2 Å². The van der Waals surface area contributed by atoms with Crippen LogP contribution >= 0.6 is 15.9 Å². The van der Waals surface area contributed by atoms with E-state index in [1.54, 1.807) is 13.0 Å². The number of ketones is 1. The molecule has 0 aromatic heterocycles. The van der Waals surface area contributed by atoms with Crippen LogP contribution in [0.25, 0.3) is 5.57 Å². The molecule has 4 rings (SSSR count). The zero-order valence-corrected chi connectivity index (χ0v) is 16.9. The molecule has 144 valence electrons. The molecule has 0 radical (unpaired) electrons. The van der Waals surface area contributed by atoms with E-state index in [0.29, 0.717) is 17.9 Å². The van der Waals surface area contributed by atoms with E-state index < -0.39 is 11.9 Å². The highest BCUT2D eigenvalue weighted by Gasteiger charge is 2.40. The average molecular weight is 443 g/mol. The molecule has 0 amide bonds. The van der Waals surface area contributed by atoms with Crippen LogP contribution in [0.15, 0.2) is 53.0 Å². The van der Waals surface area contributed by atoms with Gasteiger partial charge < -0.3 is 14.2 Å². The standard InChI is InChI=1S/C22H19BrO5/c1-2-26-22(25)21-16(15-5-3-4-6-17(15)23)9-14(10-18(21)24)13-7-8-19-20(11-13)28-12-27-19/h3-8,10-11,16,21H,2,9,12H2,1H3. The molecule has 0 N–H and O–H groups in total. The number of benzene rings is 2. The van der Waals surface area contributed by atoms with Crippen LogP contribution in [0.5, 0.6) is 11.5 Å². The smallest absolute Gasteiger partial charge is 0.317 e. The molecule has 2 aromatic carbocycles. The number of carbonyl (C=O) groups excluding carboxylic acids is 2. The Balaban J connectivity index is 1.75. The van der Waals surface area contributed by atoms with Gasteiger partial charge in [-0.25, -0.2) is 0 Å². The first-order valence-corrected chi connectivity index (χ1v) is 9.93. The summed E-state index contributed by atoms with van der Waals surface area (Å²) in [6, 6.07) is 13.3. The molecule has 2 unspecified atom stereocenters. The van der Waals surface area contributed by atoms with Gasteiger partial charge in [0.1, 0.15) is 5.92 Å². The summed E-state index contributed by atoms with van der Waals surface area (Å²) < 4.78 is 16.9. The fraction of sp³-hybridized carbons (Fsp3) is 0.273. The lowest BCUT2D eigenvalue weighted by molar-refractivity contribution is -0.151. The minimum atomic E-state index is -0.851. The van der Waals surface area contributed by atoms with Gasteiger partial charge in [0.05, 0.1) is 6.61 Å². The van der Waals surface area contributed by atoms with Gasteiger partial charge in [0, 0.05) is 10.4 Å². The topological polar surface area (TPSA) is 61.8 Å². The Morgan fingerprint density at radius 1 is 1.18 bits per heavy atom. The zero-order valence-electron chi connectivity index (χ0n) is 15.3. The van der Waals surface area contributed by atoms with Crippen LogP contribution in [0.4, 0.5) is 0 Å². The van der Waals surface area contributed by atoms with Crippen LogP contribution in [0.2, 0.25) is 0 Å². The highest BCUT2D eigenvalue weighted by Crippen LogP contribution is 2.44. The first-order valence-electron chi connectivity index (χ1n) is 9.14. The second kappa shape index (κ2) is 7.80. The number of hydrogen-bond donors (Lipinski definition) is 0. The third-order valence-electron chi connectivity index (χ3n) is 5.05. The number of rotatable bonds is 4. The van der Waals surface area contributed by atoms with Gasteiger partial charge in [0.15, 0.2) is 17.3 Å². The van der Waals surface area contributed by atoms with Gasteiger partial charge in [-0.15, -0.1) is 0 Å². The number of ether oxygens (including phenoxy) is 3. The van der Waals surface area contributed by atoms with Gasteiger partial charge in [0.25, 0.3) is 0 Å². The summed E-state index contributed by atoms with van der Waals surface area (Å²) in [4.78, 5) is 25.6. The lowest BCUT2D eigenvalue weighted by atomic mass is 9.73. The largest absolute Gasteiger partial charge is 0.465 e. The van der Waals surface area contributed by atoms with Gasteiger partial charge in [0.2, 0.25) is 6.79 Å². The molecule has 2 atom stereocenters. The number of halogens is 1. The number of carbonyl (C=O) groups is 2. The maximum Gasteiger partial charge on any atom is 0.317 e. The van der Waals surface area contributed by atoms with Crippen molar-refractivity contribution in [2.24, 2.45) is 5.92 Å². The Morgan fingerprint density at radius 2 is 1.96 bits per heavy atom. The Labute approximate surface area is 171 Å². The van der Waals surface area contributed by atoms with Crippen molar-refractivity contribution in [1.82, 2.24) is 0 Å². The SMILES string of the molecule is CCOC(=O)C1C(=O)C=C(c2ccc3c(c2)OCO3)CC1c1ccccc1Br. The normalized spacial score (nSPS) is 20.6. The van der Waals surface area contributed by atoms with E-state index in [2.05, 4.69) is 15.9 Å². The van der Waals surface area contributed by atoms with Gasteiger partial charge in [-0.2, -0.15) is 0 Å². The predicted octanol–water partition coefficient (Wildman–Crippen LogP) is 4.50. The summed E-state index contributed by atoms with van der Waals surface area (Å²) in [5.41, 5.74) is 2.67. The van der Waals surface area contributed by atoms with Crippen LogP contribution in [0.3, 0.4) is 0 Å². The molecule has 0 bridgehead atoms. The van der Waals surface area contributed by atoms with Crippen molar-refractivity contribution >= 4 is 33.3 Å². The lowest BCUT2D eigenvalue weighted by Gasteiger charge is -2.30. The quantitative estimate of drug-likeness (QED) is 0.515. The molecule has 28 heavy (non-hydrogen) atoms. The summed E-state index contributed by atoms with van der Waals surface area (Å²) in [5.74, 6) is -0.523. The Morgan fingerprint density at radius 3 is 2.75 bits per heavy atom. The van der Waals surface area contributed by atoms with Crippen molar-refractivity contribution in [1.29, 1.82) is 0 Å². The van der Waals surface area contributed by atoms with E-state index in [1.807, 2.05) is 42.5 Å². The summed E-state index contributed by atoms with van der Waals surface area (Å²) >= 11 is 3.56. The van der Waals surface area contributed by atoms with Crippen LogP contribution in [0.1, 0.15) is 30.4 Å². The second-order valence-electron chi connectivity index (χ2n) is 6.70. The summed E-state index contributed by atoms with van der Waals surface area (Å²) in [5, 5.41) is 0. The Bertz CT molecular complexity index is 965. The van der Waals surface area contributed by atoms with Crippen molar-refractivity contribution in [2.75, 3.05) is 13.4 Å². The highest BCUT2D eigenvalue weighted by atomic mass is 79.9. The summed E-state index contributed by atoms with van der Waals surface area (Å²) in [7, 11) is 0. The van der Waals surface area contributed by atoms with Crippen molar-refractivity contribution in [2.45, 2.75) is 19.3 Å². The number of allylic oxidation sites excluding steroid dienone is 2. The minimum Gasteiger partial charge on any atom is -0.465 e. The first kappa shape index (κ1) is 18.7. The molecule has 1 heterocycles. The molecule has 1 aliphatic heterocycles. The van der Waals surface area contributed by atoms with Crippen molar-refractivity contribution < 1.29 is 23.8 Å². The lowest BCUT2D eigenvalue weighted by Crippen LogP contribution is -2.34. The zero-order chi connectivity index (χ0) is 19.7. The monoisotopic (exact) mass is 442 g/mol. The molecule has 5 nitrogen and oxygen atoms in total. The molecule has 0 spiro atoms. The molecule has 6 heteroatoms. The van der Waals surface area contributed by atoms with Gasteiger partial charge >= 0.3 is 5.97 Å². The van der Waals surface area contributed by atoms with Gasteiger partial charge in [-0.05, 0) is 54.3 Å². The summed E-state index contributed by atoms with van der Waals surface area (Å²) in [6.07, 6.45) is 2.10. The van der Waals surface area contributed by atoms with Crippen LogP contribution in [0, 0.1) is 5.92 Å². The molecule has 0 fully saturated rings. The van der Waals surface area contributed by atoms with Gasteiger partial charge in [-0.3, -0.25) is 9.59 Å². The molecule has 2 aromatic rings. The van der Waals surface area contributed by atoms with Crippen molar-refractivity contribution in [3.8, 4) is 11.5 Å². The molecule has 2 aliphatic rings. The fourth-order valence-electron chi connectivity index (χ4n) is 3.75. The van der Waals surface area contributed by atoms with E-state index in [1.165, 1.54) is 0 Å². The third kappa shape index (κ3) is 3.44. The molecular weight excluding hydrogens is 424 g/mol. The first-order chi connectivity index (χ1) is 13.6. The number of fused-ring (bicyclic) bond motifs is 1. The Kier molecular flexibility index (Phi) is 5.22. The van der Waals surface area contributed by atoms with E-state index >= 15 is 0 Å². The maximum atomic E-state index is 13.0. The predicted molar refractivity (Wildman–Crippen MR) is 107 cm³/mol. The van der Waals surface area contributed by atoms with Crippen molar-refractivity contribution in [3.05, 3.63) is 64.1 Å². The maximum absolute atomic E-state index is 13.0. The third-order valence-corrected chi connectivity index (χ3v) is 5.78. The molecule has 0 saturated carbocycles. The van der Waals surface area contributed by atoms with Crippen LogP contribution in [-0.2, 0) is 14.3 Å². The fourth-order valence-corrected chi connectivity index (χ4v) is 4.33. The average Bonchev–Trinajstić information content (AvgIpc) is 3.15. The Hall–Kier alpha value is -2.60. The number of hydrogen-bond acceptors (Lipinski definition) is 5. The minimum absolute atomic E-state index is 0.196. The molecular formula is C22H19BrO5. The second-order valence-corrected chi connectivity index (χ2v) is 7.56.